The Balaban J connectivity index is 1.02. The Hall–Kier alpha value is -7.55. The number of hydrogen-bond donors (Lipinski definition) is 0. The van der Waals surface area contributed by atoms with E-state index in [0.717, 1.165) is 93.0 Å². The molecule has 0 unspecified atom stereocenters. The monoisotopic (exact) mass is 749 g/mol. The van der Waals surface area contributed by atoms with E-state index < -0.39 is 0 Å². The topological polar surface area (TPSA) is 90.7 Å². The Bertz CT molecular complexity index is 3540. The third-order valence-electron chi connectivity index (χ3n) is 10.6. The number of benzene rings is 7. The van der Waals surface area contributed by atoms with Crippen LogP contribution in [0, 0.1) is 0 Å². The highest BCUT2D eigenvalue weighted by Crippen LogP contribution is 2.42. The second-order valence-electron chi connectivity index (χ2n) is 14.0. The predicted molar refractivity (Wildman–Crippen MR) is 230 cm³/mol. The Kier molecular flexibility index (Phi) is 6.96. The first kappa shape index (κ1) is 31.8. The summed E-state index contributed by atoms with van der Waals surface area (Å²) in [5, 5.41) is 5.14. The predicted octanol–water partition coefficient (Wildman–Crippen LogP) is 13.2. The number of fused-ring (bicyclic) bond motifs is 9. The highest BCUT2D eigenvalue weighted by Gasteiger charge is 2.21. The van der Waals surface area contributed by atoms with Crippen molar-refractivity contribution < 1.29 is 8.83 Å². The molecule has 5 aromatic heterocycles. The molecule has 266 valence electrons. The summed E-state index contributed by atoms with van der Waals surface area (Å²) in [5.74, 6) is 2.32. The molecule has 12 aromatic rings. The number of furan rings is 2. The van der Waals surface area contributed by atoms with Crippen molar-refractivity contribution in [1.82, 2.24) is 24.9 Å². The van der Waals surface area contributed by atoms with Crippen molar-refractivity contribution in [1.29, 1.82) is 0 Å². The average molecular weight is 750 g/mol. The summed E-state index contributed by atoms with van der Waals surface area (Å²) >= 11 is 1.73. The highest BCUT2D eigenvalue weighted by molar-refractivity contribution is 7.26. The van der Waals surface area contributed by atoms with Gasteiger partial charge in [0.05, 0.1) is 21.5 Å². The molecule has 0 radical (unpaired) electrons. The first-order valence-corrected chi connectivity index (χ1v) is 19.5. The van der Waals surface area contributed by atoms with Gasteiger partial charge in [0.25, 0.3) is 0 Å². The second kappa shape index (κ2) is 12.5. The van der Waals surface area contributed by atoms with Crippen LogP contribution in [0.25, 0.3) is 121 Å². The maximum absolute atomic E-state index is 6.78. The third-order valence-corrected chi connectivity index (χ3v) is 11.7. The van der Waals surface area contributed by atoms with E-state index in [2.05, 4.69) is 66.7 Å². The molecule has 0 fully saturated rings. The van der Waals surface area contributed by atoms with Gasteiger partial charge in [0, 0.05) is 53.9 Å². The van der Waals surface area contributed by atoms with E-state index in [9.17, 15) is 0 Å². The first-order chi connectivity index (χ1) is 28.2. The van der Waals surface area contributed by atoms with Crippen molar-refractivity contribution >= 4 is 75.5 Å². The highest BCUT2D eigenvalue weighted by atomic mass is 32.1. The number of rotatable bonds is 5. The minimum Gasteiger partial charge on any atom is -0.456 e. The van der Waals surface area contributed by atoms with Crippen LogP contribution in [0.4, 0.5) is 0 Å². The Morgan fingerprint density at radius 3 is 1.82 bits per heavy atom. The van der Waals surface area contributed by atoms with Crippen LogP contribution in [0.5, 0.6) is 0 Å². The fraction of sp³-hybridized carbons (Fsp3) is 0. The van der Waals surface area contributed by atoms with Crippen LogP contribution >= 0.6 is 11.3 Å². The first-order valence-electron chi connectivity index (χ1n) is 18.7. The largest absolute Gasteiger partial charge is 0.456 e. The van der Waals surface area contributed by atoms with Gasteiger partial charge in [-0.3, -0.25) is 0 Å². The summed E-state index contributed by atoms with van der Waals surface area (Å²) in [4.78, 5) is 25.5. The van der Waals surface area contributed by atoms with Gasteiger partial charge in [0.15, 0.2) is 23.3 Å². The lowest BCUT2D eigenvalue weighted by Gasteiger charge is -2.08. The van der Waals surface area contributed by atoms with Gasteiger partial charge in [-0.1, -0.05) is 115 Å². The van der Waals surface area contributed by atoms with Gasteiger partial charge >= 0.3 is 0 Å². The zero-order valence-corrected chi connectivity index (χ0v) is 30.9. The van der Waals surface area contributed by atoms with Crippen LogP contribution in [0.1, 0.15) is 0 Å². The van der Waals surface area contributed by atoms with Gasteiger partial charge < -0.3 is 8.83 Å². The van der Waals surface area contributed by atoms with Crippen LogP contribution in [0.2, 0.25) is 0 Å². The normalized spacial score (nSPS) is 11.9. The van der Waals surface area contributed by atoms with E-state index in [1.165, 1.54) is 4.70 Å². The lowest BCUT2D eigenvalue weighted by Crippen LogP contribution is -2.00. The van der Waals surface area contributed by atoms with Crippen molar-refractivity contribution in [2.75, 3.05) is 0 Å². The quantitative estimate of drug-likeness (QED) is 0.173. The lowest BCUT2D eigenvalue weighted by molar-refractivity contribution is 0.669. The number of thiophene rings is 1. The van der Waals surface area contributed by atoms with Gasteiger partial charge in [-0.05, 0) is 48.5 Å². The Morgan fingerprint density at radius 1 is 0.368 bits per heavy atom. The molecule has 0 aliphatic heterocycles. The van der Waals surface area contributed by atoms with Crippen LogP contribution < -0.4 is 0 Å². The van der Waals surface area contributed by atoms with Gasteiger partial charge in [0.1, 0.15) is 22.3 Å². The average Bonchev–Trinajstić information content (AvgIpc) is 3.97. The number of aromatic nitrogens is 5. The molecule has 0 saturated carbocycles. The molecule has 7 nitrogen and oxygen atoms in total. The van der Waals surface area contributed by atoms with Gasteiger partial charge in [0.2, 0.25) is 0 Å². The fourth-order valence-electron chi connectivity index (χ4n) is 7.83. The Morgan fingerprint density at radius 2 is 1.00 bits per heavy atom. The van der Waals surface area contributed by atoms with Crippen molar-refractivity contribution in [2.45, 2.75) is 0 Å². The second-order valence-corrected chi connectivity index (χ2v) is 15.1. The van der Waals surface area contributed by atoms with Gasteiger partial charge in [-0.25, -0.2) is 24.9 Å². The zero-order chi connectivity index (χ0) is 37.5. The maximum Gasteiger partial charge on any atom is 0.164 e. The molecular weight excluding hydrogens is 723 g/mol. The molecule has 0 bridgehead atoms. The number of hydrogen-bond acceptors (Lipinski definition) is 8. The summed E-state index contributed by atoms with van der Waals surface area (Å²) in [6.07, 6.45) is 0. The standard InChI is InChI=1S/C49H27N5O2S/c1-3-12-28(13-4-1)42-45-43(35-17-8-10-21-41(35)57-45)51-49(50-42)36-19-11-18-34-33-24-22-31(27-40(33)56-44(34)36)48-53-46(29-14-5-2-6-15-29)52-47(54-48)30-23-25-39-37(26-30)32-16-7-9-20-38(32)55-39/h1-27H. The van der Waals surface area contributed by atoms with Crippen LogP contribution in [0.15, 0.2) is 173 Å². The molecule has 57 heavy (non-hydrogen) atoms. The molecule has 0 atom stereocenters. The molecule has 0 saturated heterocycles. The fourth-order valence-corrected chi connectivity index (χ4v) is 8.99. The van der Waals surface area contributed by atoms with E-state index in [4.69, 9.17) is 33.8 Å². The van der Waals surface area contributed by atoms with Crippen molar-refractivity contribution in [3.05, 3.63) is 164 Å². The van der Waals surface area contributed by atoms with Crippen LogP contribution in [0.3, 0.4) is 0 Å². The molecule has 5 heterocycles. The third kappa shape index (κ3) is 5.15. The molecular formula is C49H27N5O2S. The number of nitrogens with zero attached hydrogens (tertiary/aromatic N) is 5. The molecule has 12 rings (SSSR count). The summed E-state index contributed by atoms with van der Waals surface area (Å²) in [6, 6.07) is 55.2. The van der Waals surface area contributed by atoms with Gasteiger partial charge in [-0.2, -0.15) is 0 Å². The van der Waals surface area contributed by atoms with E-state index in [1.807, 2.05) is 97.1 Å². The molecule has 8 heteroatoms. The molecule has 0 spiro atoms. The van der Waals surface area contributed by atoms with E-state index >= 15 is 0 Å². The molecule has 0 aliphatic carbocycles. The van der Waals surface area contributed by atoms with Crippen LogP contribution in [-0.2, 0) is 0 Å². The molecule has 0 N–H and O–H groups in total. The maximum atomic E-state index is 6.78. The van der Waals surface area contributed by atoms with Crippen molar-refractivity contribution in [3.63, 3.8) is 0 Å². The molecule has 0 aliphatic rings. The Labute approximate surface area is 328 Å². The zero-order valence-electron chi connectivity index (χ0n) is 30.0. The van der Waals surface area contributed by atoms with Crippen molar-refractivity contribution in [3.8, 4) is 56.8 Å². The molecule has 0 amide bonds. The van der Waals surface area contributed by atoms with Crippen LogP contribution in [-0.4, -0.2) is 24.9 Å². The van der Waals surface area contributed by atoms with Crippen molar-refractivity contribution in [2.24, 2.45) is 0 Å². The summed E-state index contributed by atoms with van der Waals surface area (Å²) in [5.41, 5.74) is 9.41. The number of para-hydroxylation sites is 2. The minimum atomic E-state index is 0.546. The summed E-state index contributed by atoms with van der Waals surface area (Å²) in [7, 11) is 0. The van der Waals surface area contributed by atoms with E-state index in [0.29, 0.717) is 23.3 Å². The van der Waals surface area contributed by atoms with E-state index in [-0.39, 0.29) is 0 Å². The van der Waals surface area contributed by atoms with E-state index in [1.54, 1.807) is 11.3 Å². The summed E-state index contributed by atoms with van der Waals surface area (Å²) in [6.45, 7) is 0. The smallest absolute Gasteiger partial charge is 0.164 e. The SMILES string of the molecule is c1ccc(-c2nc(-c3ccc4c(c3)oc3c(-c5nc(-c6ccccc6)c6sc7ccccc7c6n5)cccc34)nc(-c3ccc4oc5ccccc5c4c3)n2)cc1. The summed E-state index contributed by atoms with van der Waals surface area (Å²) < 4.78 is 15.1. The van der Waals surface area contributed by atoms with Gasteiger partial charge in [-0.15, -0.1) is 11.3 Å². The molecule has 7 aromatic carbocycles. The lowest BCUT2D eigenvalue weighted by atomic mass is 10.1. The minimum absolute atomic E-state index is 0.546.